The lowest BCUT2D eigenvalue weighted by atomic mass is 10.0. The van der Waals surface area contributed by atoms with Crippen molar-refractivity contribution >= 4 is 9.84 Å². The van der Waals surface area contributed by atoms with E-state index in [0.717, 1.165) is 12.3 Å². The first-order valence-corrected chi connectivity index (χ1v) is 7.21. The highest BCUT2D eigenvalue weighted by Crippen LogP contribution is 2.33. The van der Waals surface area contributed by atoms with Gasteiger partial charge in [0.25, 0.3) is 0 Å². The molecule has 1 aromatic rings. The third-order valence-corrected chi connectivity index (χ3v) is 4.51. The number of benzene rings is 1. The van der Waals surface area contributed by atoms with Crippen molar-refractivity contribution in [2.75, 3.05) is 6.26 Å². The fourth-order valence-corrected chi connectivity index (χ4v) is 2.19. The van der Waals surface area contributed by atoms with Gasteiger partial charge in [-0.2, -0.15) is 13.2 Å². The Hall–Kier alpha value is -1.15. The molecule has 0 saturated carbocycles. The van der Waals surface area contributed by atoms with E-state index in [9.17, 15) is 26.0 Å². The molecule has 0 saturated heterocycles. The number of rotatable bonds is 3. The molecule has 0 aromatic heterocycles. The van der Waals surface area contributed by atoms with E-state index in [1.165, 1.54) is 6.92 Å². The fraction of sp³-hybridized carbons (Fsp3) is 0.455. The third-order valence-electron chi connectivity index (χ3n) is 2.86. The minimum absolute atomic E-state index is 0.0772. The Balaban J connectivity index is 3.24. The largest absolute Gasteiger partial charge is 0.419 e. The smallest absolute Gasteiger partial charge is 0.323 e. The van der Waals surface area contributed by atoms with Crippen molar-refractivity contribution in [3.8, 4) is 0 Å². The van der Waals surface area contributed by atoms with Crippen molar-refractivity contribution in [2.45, 2.75) is 24.4 Å². The number of hydrogen-bond donors (Lipinski definition) is 1. The summed E-state index contributed by atoms with van der Waals surface area (Å²) in [7, 11) is -3.51. The van der Waals surface area contributed by atoms with Gasteiger partial charge in [0.1, 0.15) is 5.82 Å². The van der Waals surface area contributed by atoms with Gasteiger partial charge in [-0.3, -0.25) is 0 Å². The normalized spacial score (nSPS) is 16.2. The number of alkyl halides is 3. The average Bonchev–Trinajstić information content (AvgIpc) is 2.25. The molecule has 0 aliphatic carbocycles. The molecular formula is C11H13F4NO2S. The van der Waals surface area contributed by atoms with Gasteiger partial charge in [-0.05, 0) is 24.6 Å². The first kappa shape index (κ1) is 15.9. The van der Waals surface area contributed by atoms with Crippen LogP contribution in [0.4, 0.5) is 17.6 Å². The maximum Gasteiger partial charge on any atom is 0.419 e. The molecular weight excluding hydrogens is 286 g/mol. The molecule has 0 amide bonds. The predicted octanol–water partition coefficient (Wildman–Crippen LogP) is 2.28. The fourth-order valence-electron chi connectivity index (χ4n) is 1.50. The summed E-state index contributed by atoms with van der Waals surface area (Å²) in [6, 6.07) is 1.07. The zero-order valence-corrected chi connectivity index (χ0v) is 11.0. The molecule has 19 heavy (non-hydrogen) atoms. The van der Waals surface area contributed by atoms with E-state index >= 15 is 0 Å². The topological polar surface area (TPSA) is 60.2 Å². The number of halogens is 4. The van der Waals surface area contributed by atoms with Gasteiger partial charge in [0.15, 0.2) is 9.84 Å². The monoisotopic (exact) mass is 299 g/mol. The highest BCUT2D eigenvalue weighted by atomic mass is 32.2. The van der Waals surface area contributed by atoms with Crippen LogP contribution < -0.4 is 5.73 Å². The Morgan fingerprint density at radius 2 is 1.79 bits per heavy atom. The second kappa shape index (κ2) is 5.09. The molecule has 2 atom stereocenters. The highest BCUT2D eigenvalue weighted by Gasteiger charge is 2.35. The van der Waals surface area contributed by atoms with Crippen molar-refractivity contribution in [3.63, 3.8) is 0 Å². The lowest BCUT2D eigenvalue weighted by molar-refractivity contribution is -0.140. The van der Waals surface area contributed by atoms with E-state index in [1.807, 2.05) is 0 Å². The number of nitrogens with two attached hydrogens (primary N) is 1. The number of hydrogen-bond acceptors (Lipinski definition) is 3. The van der Waals surface area contributed by atoms with Crippen LogP contribution in [0.3, 0.4) is 0 Å². The second-order valence-corrected chi connectivity index (χ2v) is 6.70. The summed E-state index contributed by atoms with van der Waals surface area (Å²) >= 11 is 0. The molecule has 0 radical (unpaired) electrons. The van der Waals surface area contributed by atoms with Crippen LogP contribution in [0.25, 0.3) is 0 Å². The molecule has 108 valence electrons. The maximum atomic E-state index is 13.1. The van der Waals surface area contributed by atoms with Crippen molar-refractivity contribution in [1.29, 1.82) is 0 Å². The Morgan fingerprint density at radius 1 is 1.26 bits per heavy atom. The predicted molar refractivity (Wildman–Crippen MR) is 62.6 cm³/mol. The van der Waals surface area contributed by atoms with Crippen LogP contribution in [0, 0.1) is 5.82 Å². The van der Waals surface area contributed by atoms with E-state index in [1.54, 1.807) is 0 Å². The highest BCUT2D eigenvalue weighted by molar-refractivity contribution is 7.91. The molecule has 0 heterocycles. The van der Waals surface area contributed by atoms with E-state index < -0.39 is 38.7 Å². The van der Waals surface area contributed by atoms with E-state index in [4.69, 9.17) is 5.73 Å². The molecule has 0 bridgehead atoms. The summed E-state index contributed by atoms with van der Waals surface area (Å²) in [6.07, 6.45) is -3.92. The maximum absolute atomic E-state index is 13.1. The molecule has 1 aromatic carbocycles. The van der Waals surface area contributed by atoms with Crippen molar-refractivity contribution in [1.82, 2.24) is 0 Å². The van der Waals surface area contributed by atoms with Gasteiger partial charge in [0.05, 0.1) is 10.8 Å². The molecule has 0 spiro atoms. The van der Waals surface area contributed by atoms with Gasteiger partial charge >= 0.3 is 6.18 Å². The summed E-state index contributed by atoms with van der Waals surface area (Å²) in [4.78, 5) is 0. The van der Waals surface area contributed by atoms with Crippen LogP contribution in [0.2, 0.25) is 0 Å². The lowest BCUT2D eigenvalue weighted by Gasteiger charge is -2.20. The van der Waals surface area contributed by atoms with Crippen LogP contribution in [0.5, 0.6) is 0 Å². The summed E-state index contributed by atoms with van der Waals surface area (Å²) in [5.74, 6) is -1.42. The molecule has 0 fully saturated rings. The molecule has 0 aliphatic rings. The minimum Gasteiger partial charge on any atom is -0.323 e. The van der Waals surface area contributed by atoms with Gasteiger partial charge in [-0.25, -0.2) is 12.8 Å². The SMILES string of the molecule is CC(C(N)c1ccc(F)c(C(F)(F)F)c1)S(C)(=O)=O. The number of sulfone groups is 1. The second-order valence-electron chi connectivity index (χ2n) is 4.30. The Labute approximate surface area is 108 Å². The van der Waals surface area contributed by atoms with Crippen LogP contribution in [0.15, 0.2) is 18.2 Å². The van der Waals surface area contributed by atoms with E-state index in [0.29, 0.717) is 12.1 Å². The quantitative estimate of drug-likeness (QED) is 0.871. The van der Waals surface area contributed by atoms with Gasteiger partial charge in [0, 0.05) is 12.3 Å². The van der Waals surface area contributed by atoms with Crippen LogP contribution >= 0.6 is 0 Å². The summed E-state index contributed by atoms with van der Waals surface area (Å²) in [5.41, 5.74) is 4.08. The third kappa shape index (κ3) is 3.66. The molecule has 2 N–H and O–H groups in total. The van der Waals surface area contributed by atoms with Gasteiger partial charge in [0.2, 0.25) is 0 Å². The van der Waals surface area contributed by atoms with Gasteiger partial charge < -0.3 is 5.73 Å². The standard InChI is InChI=1S/C11H13F4NO2S/c1-6(19(2,17)18)10(16)7-3-4-9(12)8(5-7)11(13,14)15/h3-6,10H,16H2,1-2H3. The molecule has 1 rings (SSSR count). The summed E-state index contributed by atoms with van der Waals surface area (Å²) < 4.78 is 73.3. The van der Waals surface area contributed by atoms with Crippen molar-refractivity contribution < 1.29 is 26.0 Å². The first-order chi connectivity index (χ1) is 8.44. The molecule has 8 heteroatoms. The zero-order valence-electron chi connectivity index (χ0n) is 10.2. The van der Waals surface area contributed by atoms with Crippen LogP contribution in [0.1, 0.15) is 24.1 Å². The van der Waals surface area contributed by atoms with Crippen molar-refractivity contribution in [2.24, 2.45) is 5.73 Å². The minimum atomic E-state index is -4.85. The average molecular weight is 299 g/mol. The van der Waals surface area contributed by atoms with Gasteiger partial charge in [-0.1, -0.05) is 6.07 Å². The summed E-state index contributed by atoms with van der Waals surface area (Å²) in [6.45, 7) is 1.29. The van der Waals surface area contributed by atoms with E-state index in [-0.39, 0.29) is 5.56 Å². The van der Waals surface area contributed by atoms with Crippen LogP contribution in [-0.2, 0) is 16.0 Å². The lowest BCUT2D eigenvalue weighted by Crippen LogP contribution is -2.30. The Bertz CT molecular complexity index is 569. The Kier molecular flexibility index (Phi) is 4.26. The molecule has 0 aliphatic heterocycles. The van der Waals surface area contributed by atoms with Gasteiger partial charge in [-0.15, -0.1) is 0 Å². The first-order valence-electron chi connectivity index (χ1n) is 5.25. The van der Waals surface area contributed by atoms with Crippen LogP contribution in [-0.4, -0.2) is 19.9 Å². The summed E-state index contributed by atoms with van der Waals surface area (Å²) in [5, 5.41) is -1.07. The van der Waals surface area contributed by atoms with E-state index in [2.05, 4.69) is 0 Å². The molecule has 3 nitrogen and oxygen atoms in total. The molecule has 2 unspecified atom stereocenters. The zero-order chi connectivity index (χ0) is 15.0. The van der Waals surface area contributed by atoms with Crippen molar-refractivity contribution in [3.05, 3.63) is 35.1 Å². The Morgan fingerprint density at radius 3 is 2.21 bits per heavy atom.